The number of amides is 1. The number of aromatic nitrogens is 1. The van der Waals surface area contributed by atoms with Crippen molar-refractivity contribution in [3.05, 3.63) is 47.3 Å². The van der Waals surface area contributed by atoms with Gasteiger partial charge >= 0.3 is 0 Å². The molecule has 0 aliphatic carbocycles. The minimum Gasteiger partial charge on any atom is -0.344 e. The van der Waals surface area contributed by atoms with Crippen LogP contribution in [0.5, 0.6) is 0 Å². The zero-order valence-corrected chi connectivity index (χ0v) is 15.1. The highest BCUT2D eigenvalue weighted by atomic mass is 32.2. The highest BCUT2D eigenvalue weighted by molar-refractivity contribution is 7.89. The summed E-state index contributed by atoms with van der Waals surface area (Å²) in [4.78, 5) is 14.8. The zero-order valence-electron chi connectivity index (χ0n) is 14.3. The molecule has 6 nitrogen and oxygen atoms in total. The van der Waals surface area contributed by atoms with Crippen LogP contribution in [0.25, 0.3) is 0 Å². The number of aryl methyl sites for hydroxylation is 1. The van der Waals surface area contributed by atoms with Crippen LogP contribution < -0.4 is 4.90 Å². The summed E-state index contributed by atoms with van der Waals surface area (Å²) in [5, 5.41) is 0. The highest BCUT2D eigenvalue weighted by Gasteiger charge is 2.29. The van der Waals surface area contributed by atoms with Crippen molar-refractivity contribution in [3.63, 3.8) is 0 Å². The monoisotopic (exact) mass is 347 g/mol. The molecule has 0 radical (unpaired) electrons. The van der Waals surface area contributed by atoms with Crippen LogP contribution in [0, 0.1) is 6.92 Å². The molecule has 0 bridgehead atoms. The van der Waals surface area contributed by atoms with Crippen molar-refractivity contribution in [2.45, 2.75) is 18.2 Å². The molecule has 1 aromatic heterocycles. The summed E-state index contributed by atoms with van der Waals surface area (Å²) in [7, 11) is 1.32. The standard InChI is InChI=1S/C17H21N3O3S/c1-12-5-8-15(19(12)4)17(21)20-10-9-13-6-7-14(11-16(13)20)24(22,23)18(2)3/h5-8,11H,9-10H2,1-4H3. The lowest BCUT2D eigenvalue weighted by Gasteiger charge is -2.19. The molecule has 0 saturated carbocycles. The maximum atomic E-state index is 12.9. The number of fused-ring (bicyclic) bond motifs is 1. The van der Waals surface area contributed by atoms with E-state index in [1.54, 1.807) is 29.2 Å². The lowest BCUT2D eigenvalue weighted by atomic mass is 10.2. The molecule has 1 aromatic carbocycles. The number of carbonyl (C=O) groups is 1. The van der Waals surface area contributed by atoms with Crippen LogP contribution in [0.2, 0.25) is 0 Å². The fraction of sp³-hybridized carbons (Fsp3) is 0.353. The Kier molecular flexibility index (Phi) is 4.01. The first-order valence-electron chi connectivity index (χ1n) is 7.73. The number of nitrogens with zero attached hydrogens (tertiary/aromatic N) is 3. The van der Waals surface area contributed by atoms with Gasteiger partial charge in [-0.3, -0.25) is 4.79 Å². The van der Waals surface area contributed by atoms with Gasteiger partial charge in [0.15, 0.2) is 0 Å². The van der Waals surface area contributed by atoms with Crippen molar-refractivity contribution in [1.82, 2.24) is 8.87 Å². The van der Waals surface area contributed by atoms with E-state index >= 15 is 0 Å². The highest BCUT2D eigenvalue weighted by Crippen LogP contribution is 2.32. The van der Waals surface area contributed by atoms with Gasteiger partial charge in [0.1, 0.15) is 5.69 Å². The van der Waals surface area contributed by atoms with E-state index in [-0.39, 0.29) is 10.8 Å². The third kappa shape index (κ3) is 2.53. The van der Waals surface area contributed by atoms with Gasteiger partial charge in [-0.2, -0.15) is 0 Å². The molecule has 0 N–H and O–H groups in total. The van der Waals surface area contributed by atoms with Crippen molar-refractivity contribution in [1.29, 1.82) is 0 Å². The first-order valence-corrected chi connectivity index (χ1v) is 9.17. The summed E-state index contributed by atoms with van der Waals surface area (Å²) in [5.74, 6) is -0.108. The van der Waals surface area contributed by atoms with E-state index in [1.807, 2.05) is 24.6 Å². The Morgan fingerprint density at radius 3 is 2.46 bits per heavy atom. The van der Waals surface area contributed by atoms with Crippen LogP contribution >= 0.6 is 0 Å². The van der Waals surface area contributed by atoms with Crippen molar-refractivity contribution in [2.24, 2.45) is 7.05 Å². The largest absolute Gasteiger partial charge is 0.344 e. The second kappa shape index (κ2) is 5.75. The summed E-state index contributed by atoms with van der Waals surface area (Å²) in [6.07, 6.45) is 0.729. The van der Waals surface area contributed by atoms with Gasteiger partial charge in [0.25, 0.3) is 5.91 Å². The van der Waals surface area contributed by atoms with Gasteiger partial charge in [0.2, 0.25) is 10.0 Å². The van der Waals surface area contributed by atoms with Gasteiger partial charge in [-0.1, -0.05) is 6.07 Å². The first-order chi connectivity index (χ1) is 11.2. The molecular formula is C17H21N3O3S. The number of rotatable bonds is 3. The van der Waals surface area contributed by atoms with Gasteiger partial charge in [-0.25, -0.2) is 12.7 Å². The van der Waals surface area contributed by atoms with E-state index in [4.69, 9.17) is 0 Å². The third-order valence-corrected chi connectivity index (χ3v) is 6.38. The van der Waals surface area contributed by atoms with Crippen molar-refractivity contribution >= 4 is 21.6 Å². The van der Waals surface area contributed by atoms with E-state index in [0.717, 1.165) is 17.7 Å². The number of anilines is 1. The molecule has 1 amide bonds. The second-order valence-corrected chi connectivity index (χ2v) is 8.36. The van der Waals surface area contributed by atoms with Crippen LogP contribution in [0.3, 0.4) is 0 Å². The SMILES string of the molecule is Cc1ccc(C(=O)N2CCc3ccc(S(=O)(=O)N(C)C)cc32)n1C. The Balaban J connectivity index is 2.03. The molecule has 1 aliphatic rings. The summed E-state index contributed by atoms with van der Waals surface area (Å²) in [6, 6.07) is 8.71. The van der Waals surface area contributed by atoms with Crippen molar-refractivity contribution < 1.29 is 13.2 Å². The molecule has 0 fully saturated rings. The first kappa shape index (κ1) is 16.7. The molecule has 128 valence electrons. The van der Waals surface area contributed by atoms with Crippen LogP contribution in [-0.4, -0.2) is 43.8 Å². The molecule has 2 aromatic rings. The predicted octanol–water partition coefficient (Wildman–Crippen LogP) is 1.79. The Hall–Kier alpha value is -2.12. The lowest BCUT2D eigenvalue weighted by molar-refractivity contribution is 0.0981. The molecule has 0 unspecified atom stereocenters. The summed E-state index contributed by atoms with van der Waals surface area (Å²) >= 11 is 0. The Morgan fingerprint density at radius 1 is 1.17 bits per heavy atom. The number of benzene rings is 1. The van der Waals surface area contributed by atoms with Crippen LogP contribution in [0.4, 0.5) is 5.69 Å². The molecule has 0 spiro atoms. The quantitative estimate of drug-likeness (QED) is 0.850. The van der Waals surface area contributed by atoms with Crippen molar-refractivity contribution in [3.8, 4) is 0 Å². The smallest absolute Gasteiger partial charge is 0.274 e. The van der Waals surface area contributed by atoms with E-state index < -0.39 is 10.0 Å². The van der Waals surface area contributed by atoms with E-state index in [9.17, 15) is 13.2 Å². The average molecular weight is 347 g/mol. The summed E-state index contributed by atoms with van der Waals surface area (Å²) in [5.41, 5.74) is 3.27. The molecule has 24 heavy (non-hydrogen) atoms. The molecular weight excluding hydrogens is 326 g/mol. The molecule has 0 atom stereocenters. The van der Waals surface area contributed by atoms with Gasteiger partial charge < -0.3 is 9.47 Å². The zero-order chi connectivity index (χ0) is 17.6. The van der Waals surface area contributed by atoms with Crippen LogP contribution in [0.1, 0.15) is 21.7 Å². The van der Waals surface area contributed by atoms with Gasteiger partial charge in [0.05, 0.1) is 4.90 Å². The topological polar surface area (TPSA) is 62.6 Å². The Morgan fingerprint density at radius 2 is 1.88 bits per heavy atom. The lowest BCUT2D eigenvalue weighted by Crippen LogP contribution is -2.30. The number of sulfonamides is 1. The van der Waals surface area contributed by atoms with Crippen molar-refractivity contribution in [2.75, 3.05) is 25.5 Å². The minimum absolute atomic E-state index is 0.108. The molecule has 0 saturated heterocycles. The van der Waals surface area contributed by atoms with Crippen LogP contribution in [0.15, 0.2) is 35.2 Å². The molecule has 7 heteroatoms. The predicted molar refractivity (Wildman–Crippen MR) is 92.8 cm³/mol. The van der Waals surface area contributed by atoms with E-state index in [1.165, 1.54) is 18.4 Å². The summed E-state index contributed by atoms with van der Waals surface area (Å²) < 4.78 is 27.7. The minimum atomic E-state index is -3.53. The van der Waals surface area contributed by atoms with Crippen LogP contribution in [-0.2, 0) is 23.5 Å². The normalized spacial score (nSPS) is 14.3. The fourth-order valence-corrected chi connectivity index (χ4v) is 3.83. The van der Waals surface area contributed by atoms with E-state index in [2.05, 4.69) is 0 Å². The summed E-state index contributed by atoms with van der Waals surface area (Å²) in [6.45, 7) is 2.50. The molecule has 2 heterocycles. The van der Waals surface area contributed by atoms with Gasteiger partial charge in [0, 0.05) is 39.1 Å². The average Bonchev–Trinajstić information content (AvgIpc) is 3.10. The maximum Gasteiger partial charge on any atom is 0.274 e. The van der Waals surface area contributed by atoms with Gasteiger partial charge in [-0.05, 0) is 43.2 Å². The Labute approximate surface area is 142 Å². The third-order valence-electron chi connectivity index (χ3n) is 4.57. The van der Waals surface area contributed by atoms with Gasteiger partial charge in [-0.15, -0.1) is 0 Å². The number of carbonyl (C=O) groups excluding carboxylic acids is 1. The second-order valence-electron chi connectivity index (χ2n) is 6.20. The maximum absolute atomic E-state index is 12.9. The molecule has 1 aliphatic heterocycles. The Bertz CT molecular complexity index is 913. The number of hydrogen-bond acceptors (Lipinski definition) is 3. The molecule has 3 rings (SSSR count). The fourth-order valence-electron chi connectivity index (χ4n) is 2.91. The van der Waals surface area contributed by atoms with E-state index in [0.29, 0.717) is 17.9 Å². The number of hydrogen-bond donors (Lipinski definition) is 0.